The van der Waals surface area contributed by atoms with Crippen LogP contribution in [-0.2, 0) is 9.59 Å². The van der Waals surface area contributed by atoms with Gasteiger partial charge in [0.1, 0.15) is 5.82 Å². The predicted molar refractivity (Wildman–Crippen MR) is 77.0 cm³/mol. The molecule has 6 nitrogen and oxygen atoms in total. The van der Waals surface area contributed by atoms with Gasteiger partial charge in [-0.3, -0.25) is 25.3 Å². The van der Waals surface area contributed by atoms with Gasteiger partial charge in [-0.05, 0) is 24.3 Å². The van der Waals surface area contributed by atoms with Crippen LogP contribution >= 0.6 is 0 Å². The Hall–Kier alpha value is -2.15. The van der Waals surface area contributed by atoms with E-state index in [2.05, 4.69) is 15.8 Å². The van der Waals surface area contributed by atoms with E-state index in [1.807, 2.05) is 4.90 Å². The molecule has 0 aliphatic carbocycles. The summed E-state index contributed by atoms with van der Waals surface area (Å²) in [6.07, 6.45) is 0. The number of benzene rings is 1. The van der Waals surface area contributed by atoms with E-state index >= 15 is 0 Å². The molecule has 7 heteroatoms. The topological polar surface area (TPSA) is 64.7 Å². The fraction of sp³-hybridized carbons (Fsp3) is 0.429. The molecule has 1 aromatic rings. The number of halogens is 1. The van der Waals surface area contributed by atoms with Crippen molar-refractivity contribution in [2.75, 3.05) is 37.6 Å². The number of carbonyl (C=O) groups is 2. The summed E-state index contributed by atoms with van der Waals surface area (Å²) in [6, 6.07) is 6.41. The average Bonchev–Trinajstić information content (AvgIpc) is 2.47. The van der Waals surface area contributed by atoms with Crippen molar-refractivity contribution in [3.05, 3.63) is 30.1 Å². The summed E-state index contributed by atoms with van der Waals surface area (Å²) in [5.41, 5.74) is 5.59. The summed E-state index contributed by atoms with van der Waals surface area (Å²) in [6.45, 7) is 4.62. The monoisotopic (exact) mass is 294 g/mol. The molecule has 1 fully saturated rings. The Kier molecular flexibility index (Phi) is 5.10. The Morgan fingerprint density at radius 1 is 1.10 bits per heavy atom. The summed E-state index contributed by atoms with van der Waals surface area (Å²) in [5.74, 6) is -0.781. The van der Waals surface area contributed by atoms with Gasteiger partial charge in [0.2, 0.25) is 5.91 Å². The molecule has 1 aromatic carbocycles. The molecular formula is C14H19FN4O2. The van der Waals surface area contributed by atoms with Gasteiger partial charge in [-0.25, -0.2) is 4.39 Å². The maximum absolute atomic E-state index is 12.9. The van der Waals surface area contributed by atoms with E-state index in [0.29, 0.717) is 0 Å². The first-order valence-electron chi connectivity index (χ1n) is 6.83. The lowest BCUT2D eigenvalue weighted by atomic mass is 10.2. The fourth-order valence-electron chi connectivity index (χ4n) is 2.22. The molecule has 0 spiro atoms. The number of nitrogens with zero attached hydrogens (tertiary/aromatic N) is 2. The highest BCUT2D eigenvalue weighted by Crippen LogP contribution is 2.16. The van der Waals surface area contributed by atoms with Crippen LogP contribution in [0.15, 0.2) is 24.3 Å². The van der Waals surface area contributed by atoms with Crippen LogP contribution in [0.3, 0.4) is 0 Å². The smallest absolute Gasteiger partial charge is 0.252 e. The summed E-state index contributed by atoms with van der Waals surface area (Å²) >= 11 is 0. The summed E-state index contributed by atoms with van der Waals surface area (Å²) in [5, 5.41) is 0. The molecule has 1 aliphatic heterocycles. The van der Waals surface area contributed by atoms with Crippen LogP contribution < -0.4 is 15.8 Å². The first-order valence-corrected chi connectivity index (χ1v) is 6.83. The molecule has 0 bridgehead atoms. The highest BCUT2D eigenvalue weighted by atomic mass is 19.1. The molecule has 21 heavy (non-hydrogen) atoms. The van der Waals surface area contributed by atoms with Crippen LogP contribution in [0.5, 0.6) is 0 Å². The molecule has 1 heterocycles. The summed E-state index contributed by atoms with van der Waals surface area (Å²) < 4.78 is 12.9. The number of piperazine rings is 1. The lowest BCUT2D eigenvalue weighted by molar-refractivity contribution is -0.128. The van der Waals surface area contributed by atoms with Crippen LogP contribution in [0.25, 0.3) is 0 Å². The van der Waals surface area contributed by atoms with Gasteiger partial charge in [-0.2, -0.15) is 0 Å². The predicted octanol–water partition coefficient (Wildman–Crippen LogP) is 0.115. The van der Waals surface area contributed by atoms with Gasteiger partial charge in [0.15, 0.2) is 0 Å². The molecule has 1 saturated heterocycles. The Labute approximate surface area is 122 Å². The maximum Gasteiger partial charge on any atom is 0.252 e. The Bertz CT molecular complexity index is 498. The molecule has 114 valence electrons. The lowest BCUT2D eigenvalue weighted by Crippen LogP contribution is -2.51. The van der Waals surface area contributed by atoms with Crippen molar-refractivity contribution in [3.8, 4) is 0 Å². The zero-order valence-corrected chi connectivity index (χ0v) is 11.9. The number of amides is 2. The van der Waals surface area contributed by atoms with Crippen molar-refractivity contribution in [3.63, 3.8) is 0 Å². The summed E-state index contributed by atoms with van der Waals surface area (Å²) in [4.78, 5) is 26.4. The van der Waals surface area contributed by atoms with Crippen molar-refractivity contribution in [1.82, 2.24) is 15.8 Å². The highest BCUT2D eigenvalue weighted by molar-refractivity contribution is 5.81. The molecular weight excluding hydrogens is 275 g/mol. The van der Waals surface area contributed by atoms with Gasteiger partial charge in [0.05, 0.1) is 6.54 Å². The SMILES string of the molecule is CC(=O)NNC(=O)CN1CCN(c2ccc(F)cc2)CC1. The minimum absolute atomic E-state index is 0.236. The Morgan fingerprint density at radius 3 is 2.29 bits per heavy atom. The molecule has 0 aromatic heterocycles. The number of rotatable bonds is 3. The largest absolute Gasteiger partial charge is 0.369 e. The molecule has 0 saturated carbocycles. The van der Waals surface area contributed by atoms with E-state index in [9.17, 15) is 14.0 Å². The van der Waals surface area contributed by atoms with Gasteiger partial charge in [0, 0.05) is 38.8 Å². The van der Waals surface area contributed by atoms with E-state index in [1.54, 1.807) is 12.1 Å². The number of hydrazine groups is 1. The normalized spacial score (nSPS) is 15.6. The van der Waals surface area contributed by atoms with E-state index < -0.39 is 0 Å². The van der Waals surface area contributed by atoms with Crippen LogP contribution in [-0.4, -0.2) is 49.4 Å². The van der Waals surface area contributed by atoms with E-state index in [1.165, 1.54) is 19.1 Å². The van der Waals surface area contributed by atoms with Gasteiger partial charge in [-0.1, -0.05) is 0 Å². The number of carbonyl (C=O) groups excluding carboxylic acids is 2. The average molecular weight is 294 g/mol. The van der Waals surface area contributed by atoms with Gasteiger partial charge in [0.25, 0.3) is 5.91 Å². The van der Waals surface area contributed by atoms with Crippen molar-refractivity contribution >= 4 is 17.5 Å². The molecule has 0 atom stereocenters. The first kappa shape index (κ1) is 15.2. The molecule has 1 aliphatic rings. The zero-order valence-electron chi connectivity index (χ0n) is 11.9. The van der Waals surface area contributed by atoms with Gasteiger partial charge < -0.3 is 4.90 Å². The van der Waals surface area contributed by atoms with Crippen LogP contribution in [0.4, 0.5) is 10.1 Å². The zero-order chi connectivity index (χ0) is 15.2. The van der Waals surface area contributed by atoms with E-state index in [0.717, 1.165) is 31.9 Å². The van der Waals surface area contributed by atoms with E-state index in [4.69, 9.17) is 0 Å². The third-order valence-corrected chi connectivity index (χ3v) is 3.31. The minimum atomic E-state index is -0.301. The number of hydrogen-bond donors (Lipinski definition) is 2. The quantitative estimate of drug-likeness (QED) is 0.777. The van der Waals surface area contributed by atoms with E-state index in [-0.39, 0.29) is 24.2 Å². The molecule has 2 amide bonds. The third-order valence-electron chi connectivity index (χ3n) is 3.31. The van der Waals surface area contributed by atoms with Crippen molar-refractivity contribution in [2.45, 2.75) is 6.92 Å². The number of anilines is 1. The van der Waals surface area contributed by atoms with Crippen molar-refractivity contribution in [2.24, 2.45) is 0 Å². The summed E-state index contributed by atoms with van der Waals surface area (Å²) in [7, 11) is 0. The number of hydrogen-bond acceptors (Lipinski definition) is 4. The molecule has 0 radical (unpaired) electrons. The van der Waals surface area contributed by atoms with Gasteiger partial charge in [-0.15, -0.1) is 0 Å². The minimum Gasteiger partial charge on any atom is -0.369 e. The van der Waals surface area contributed by atoms with Crippen molar-refractivity contribution in [1.29, 1.82) is 0 Å². The molecule has 2 rings (SSSR count). The maximum atomic E-state index is 12.9. The highest BCUT2D eigenvalue weighted by Gasteiger charge is 2.19. The Morgan fingerprint density at radius 2 is 1.71 bits per heavy atom. The number of nitrogens with one attached hydrogen (secondary N) is 2. The standard InChI is InChI=1S/C14H19FN4O2/c1-11(20)16-17-14(21)10-18-6-8-19(9-7-18)13-4-2-12(15)3-5-13/h2-5H,6-10H2,1H3,(H,16,20)(H,17,21). The van der Waals surface area contributed by atoms with Crippen LogP contribution in [0, 0.1) is 5.82 Å². The second-order valence-corrected chi connectivity index (χ2v) is 4.97. The fourth-order valence-corrected chi connectivity index (χ4v) is 2.22. The first-order chi connectivity index (χ1) is 10.0. The second kappa shape index (κ2) is 7.03. The van der Waals surface area contributed by atoms with Crippen molar-refractivity contribution < 1.29 is 14.0 Å². The second-order valence-electron chi connectivity index (χ2n) is 4.97. The lowest BCUT2D eigenvalue weighted by Gasteiger charge is -2.35. The molecule has 2 N–H and O–H groups in total. The van der Waals surface area contributed by atoms with Crippen LogP contribution in [0.1, 0.15) is 6.92 Å². The van der Waals surface area contributed by atoms with Gasteiger partial charge >= 0.3 is 0 Å². The molecule has 0 unspecified atom stereocenters. The Balaban J connectivity index is 1.76. The van der Waals surface area contributed by atoms with Crippen LogP contribution in [0.2, 0.25) is 0 Å². The third kappa shape index (κ3) is 4.71.